The first-order valence-electron chi connectivity index (χ1n) is 15.6. The average Bonchev–Trinajstić information content (AvgIpc) is 3.91. The third kappa shape index (κ3) is 5.44. The molecule has 7 rings (SSSR count). The molecule has 5 atom stereocenters. The second-order valence-electron chi connectivity index (χ2n) is 12.9. The average molecular weight is 633 g/mol. The van der Waals surface area contributed by atoms with Crippen molar-refractivity contribution in [3.05, 3.63) is 81.3 Å². The maximum absolute atomic E-state index is 12.6. The van der Waals surface area contributed by atoms with Crippen molar-refractivity contribution in [3.63, 3.8) is 0 Å². The van der Waals surface area contributed by atoms with Crippen molar-refractivity contribution < 1.29 is 29.3 Å². The van der Waals surface area contributed by atoms with Crippen molar-refractivity contribution in [1.29, 1.82) is 0 Å². The van der Waals surface area contributed by atoms with Gasteiger partial charge in [-0.25, -0.2) is 0 Å². The summed E-state index contributed by atoms with van der Waals surface area (Å²) in [5.74, 6) is 0.0514. The standard InChI is InChI=1S/C34H40N4O6S/c1-6-19-15(2)24(37-32(19)42)11-22-16(3)20(7-8-29(39)40)25(35-22)13-26-21(9-10-34-33(43-34)44-34)17(4)23(36-26)12-27-30(28-14-45-28)18(5)31(41)38-27/h6,12-13,18,22,24,28,30,33,35-37,42H,1-2,7-11,14H2,3-5H3,(H,38,41)(H,39,40)/b25-13-,27-12-/t18-,22?,24-,28-,30-,33?,34?/m1/s1. The van der Waals surface area contributed by atoms with E-state index in [-0.39, 0.29) is 48.4 Å². The van der Waals surface area contributed by atoms with Crippen LogP contribution in [0.2, 0.25) is 0 Å². The van der Waals surface area contributed by atoms with Crippen LogP contribution in [0.3, 0.4) is 0 Å². The summed E-state index contributed by atoms with van der Waals surface area (Å²) in [6, 6.07) is -0.267. The Bertz CT molecular complexity index is 1640. The second kappa shape index (κ2) is 11.0. The number of carboxylic acid groups (broad SMARTS) is 1. The Morgan fingerprint density at radius 3 is 2.51 bits per heavy atom. The fourth-order valence-corrected chi connectivity index (χ4v) is 8.07. The lowest BCUT2D eigenvalue weighted by atomic mass is 9.91. The molecular formula is C34H40N4O6S. The molecule has 0 spiro atoms. The van der Waals surface area contributed by atoms with Gasteiger partial charge in [0, 0.05) is 70.1 Å². The molecule has 0 aliphatic carbocycles. The number of fused-ring (bicyclic) bond motifs is 1. The molecule has 6 aliphatic heterocycles. The van der Waals surface area contributed by atoms with Crippen molar-refractivity contribution in [2.24, 2.45) is 11.8 Å². The SMILES string of the molecule is C=CC1=C(O)N[C@H](CC2N/C(=C\c3[nH]c(/C=C4\NC(=O)[C@H](C)[C@H]4[C@H]4CS4)c(C)c3CCC34OC3O4)C(CCC(=O)O)=C2C)C1=C. The first kappa shape index (κ1) is 30.0. The number of carboxylic acids is 1. The number of rotatable bonds is 12. The molecular weight excluding hydrogens is 592 g/mol. The highest BCUT2D eigenvalue weighted by Gasteiger charge is 2.76. The highest BCUT2D eigenvalue weighted by Crippen LogP contribution is 2.59. The first-order chi connectivity index (χ1) is 21.5. The maximum atomic E-state index is 12.6. The molecule has 45 heavy (non-hydrogen) atoms. The van der Waals surface area contributed by atoms with Gasteiger partial charge in [-0.1, -0.05) is 26.2 Å². The molecule has 11 heteroatoms. The third-order valence-electron chi connectivity index (χ3n) is 10.2. The van der Waals surface area contributed by atoms with E-state index in [1.54, 1.807) is 6.08 Å². The number of allylic oxidation sites excluding steroid dienone is 3. The monoisotopic (exact) mass is 632 g/mol. The summed E-state index contributed by atoms with van der Waals surface area (Å²) >= 11 is 1.89. The van der Waals surface area contributed by atoms with Crippen LogP contribution in [0.5, 0.6) is 0 Å². The minimum Gasteiger partial charge on any atom is -0.494 e. The van der Waals surface area contributed by atoms with Gasteiger partial charge in [-0.2, -0.15) is 11.8 Å². The number of aliphatic carboxylic acids is 1. The lowest BCUT2D eigenvalue weighted by Gasteiger charge is -2.20. The van der Waals surface area contributed by atoms with Crippen molar-refractivity contribution in [2.45, 2.75) is 82.3 Å². The Balaban J connectivity index is 1.21. The highest BCUT2D eigenvalue weighted by molar-refractivity contribution is 8.06. The molecule has 6 N–H and O–H groups in total. The lowest BCUT2D eigenvalue weighted by Crippen LogP contribution is -2.34. The molecule has 1 unspecified atom stereocenters. The van der Waals surface area contributed by atoms with Crippen molar-refractivity contribution in [1.82, 2.24) is 20.9 Å². The van der Waals surface area contributed by atoms with Gasteiger partial charge < -0.3 is 40.6 Å². The number of aromatic nitrogens is 1. The van der Waals surface area contributed by atoms with Gasteiger partial charge in [-0.05, 0) is 73.1 Å². The van der Waals surface area contributed by atoms with E-state index in [9.17, 15) is 19.8 Å². The quantitative estimate of drug-likeness (QED) is 0.183. The molecule has 6 aliphatic rings. The number of thioether (sulfide) groups is 1. The maximum Gasteiger partial charge on any atom is 0.303 e. The van der Waals surface area contributed by atoms with Crippen LogP contribution in [-0.4, -0.2) is 62.2 Å². The minimum absolute atomic E-state index is 0.0146. The van der Waals surface area contributed by atoms with Crippen LogP contribution < -0.4 is 16.0 Å². The molecule has 7 heterocycles. The third-order valence-corrected chi connectivity index (χ3v) is 11.2. The molecule has 0 saturated carbocycles. The van der Waals surface area contributed by atoms with Gasteiger partial charge in [0.05, 0.1) is 6.04 Å². The predicted octanol–water partition coefficient (Wildman–Crippen LogP) is 4.54. The second-order valence-corrected chi connectivity index (χ2v) is 14.2. The van der Waals surface area contributed by atoms with E-state index in [4.69, 9.17) is 9.47 Å². The molecule has 1 amide bonds. The van der Waals surface area contributed by atoms with E-state index in [2.05, 4.69) is 53.2 Å². The fourth-order valence-electron chi connectivity index (χ4n) is 7.16. The van der Waals surface area contributed by atoms with E-state index >= 15 is 0 Å². The van der Waals surface area contributed by atoms with Crippen LogP contribution in [0.25, 0.3) is 12.2 Å². The zero-order valence-corrected chi connectivity index (χ0v) is 26.6. The lowest BCUT2D eigenvalue weighted by molar-refractivity contribution is -0.137. The molecule has 4 saturated heterocycles. The summed E-state index contributed by atoms with van der Waals surface area (Å²) in [5.41, 5.74) is 9.41. The number of ether oxygens (including phenoxy) is 2. The molecule has 0 radical (unpaired) electrons. The number of epoxide rings is 2. The zero-order valence-electron chi connectivity index (χ0n) is 25.8. The number of aliphatic hydroxyl groups excluding tert-OH is 1. The Morgan fingerprint density at radius 2 is 1.89 bits per heavy atom. The molecule has 4 fully saturated rings. The first-order valence-corrected chi connectivity index (χ1v) is 16.7. The number of hydrogen-bond acceptors (Lipinski definition) is 8. The van der Waals surface area contributed by atoms with E-state index in [0.29, 0.717) is 23.7 Å². The van der Waals surface area contributed by atoms with Gasteiger partial charge >= 0.3 is 5.97 Å². The molecule has 1 aromatic rings. The Labute approximate surface area is 266 Å². The molecule has 238 valence electrons. The highest BCUT2D eigenvalue weighted by atomic mass is 32.2. The van der Waals surface area contributed by atoms with Gasteiger partial charge in [0.1, 0.15) is 0 Å². The molecule has 0 aromatic carbocycles. The Morgan fingerprint density at radius 1 is 1.16 bits per heavy atom. The number of carbonyl (C=O) groups is 2. The number of carbonyl (C=O) groups excluding carboxylic acids is 1. The topological polar surface area (TPSA) is 152 Å². The normalized spacial score (nSPS) is 34.7. The number of nitrogens with one attached hydrogen (secondary N) is 4. The van der Waals surface area contributed by atoms with Crippen LogP contribution in [0.1, 0.15) is 62.0 Å². The summed E-state index contributed by atoms with van der Waals surface area (Å²) in [4.78, 5) is 27.9. The van der Waals surface area contributed by atoms with Crippen molar-refractivity contribution in [2.75, 3.05) is 5.75 Å². The van der Waals surface area contributed by atoms with E-state index in [1.165, 1.54) is 0 Å². The van der Waals surface area contributed by atoms with Crippen LogP contribution in [0.4, 0.5) is 0 Å². The van der Waals surface area contributed by atoms with Gasteiger partial charge in [0.2, 0.25) is 18.0 Å². The van der Waals surface area contributed by atoms with Crippen LogP contribution in [-0.2, 0) is 25.5 Å². The Kier molecular flexibility index (Phi) is 7.33. The summed E-state index contributed by atoms with van der Waals surface area (Å²) in [7, 11) is 0. The minimum atomic E-state index is -0.849. The van der Waals surface area contributed by atoms with E-state index in [1.807, 2.05) is 25.6 Å². The smallest absolute Gasteiger partial charge is 0.303 e. The zero-order chi connectivity index (χ0) is 31.8. The summed E-state index contributed by atoms with van der Waals surface area (Å²) in [6.45, 7) is 14.1. The van der Waals surface area contributed by atoms with Gasteiger partial charge in [0.25, 0.3) is 0 Å². The van der Waals surface area contributed by atoms with Crippen molar-refractivity contribution >= 4 is 35.8 Å². The van der Waals surface area contributed by atoms with Gasteiger partial charge in [-0.3, -0.25) is 9.59 Å². The predicted molar refractivity (Wildman–Crippen MR) is 173 cm³/mol. The number of aliphatic hydroxyl groups is 1. The number of aromatic amines is 1. The summed E-state index contributed by atoms with van der Waals surface area (Å²) in [6.07, 6.45) is 8.21. The molecule has 1 aromatic heterocycles. The largest absolute Gasteiger partial charge is 0.494 e. The van der Waals surface area contributed by atoms with Gasteiger partial charge in [0.15, 0.2) is 5.88 Å². The van der Waals surface area contributed by atoms with Crippen molar-refractivity contribution in [3.8, 4) is 0 Å². The fraction of sp³-hybridized carbons (Fsp3) is 0.471. The molecule has 0 bridgehead atoms. The van der Waals surface area contributed by atoms with Crippen LogP contribution in [0.15, 0.2) is 58.8 Å². The van der Waals surface area contributed by atoms with Crippen LogP contribution in [0, 0.1) is 18.8 Å². The number of amides is 1. The summed E-state index contributed by atoms with van der Waals surface area (Å²) in [5, 5.41) is 30.3. The Hall–Kier alpha value is -3.67. The number of hydrogen-bond donors (Lipinski definition) is 6. The number of H-pyrrole nitrogens is 1. The van der Waals surface area contributed by atoms with Gasteiger partial charge in [-0.15, -0.1) is 0 Å². The van der Waals surface area contributed by atoms with Crippen LogP contribution >= 0.6 is 11.8 Å². The van der Waals surface area contributed by atoms with E-state index in [0.717, 1.165) is 69.2 Å². The van der Waals surface area contributed by atoms with E-state index < -0.39 is 11.8 Å². The summed E-state index contributed by atoms with van der Waals surface area (Å²) < 4.78 is 11.2. The molecule has 10 nitrogen and oxygen atoms in total.